The molecule has 0 saturated carbocycles. The van der Waals surface area contributed by atoms with Gasteiger partial charge in [0.2, 0.25) is 0 Å². The molecule has 10 heteroatoms. The Morgan fingerprint density at radius 2 is 2.10 bits per heavy atom. The molecule has 0 bridgehead atoms. The van der Waals surface area contributed by atoms with Gasteiger partial charge in [-0.3, -0.25) is 19.3 Å². The number of carbonyl (C=O) groups excluding carboxylic acids is 4. The van der Waals surface area contributed by atoms with E-state index in [-0.39, 0.29) is 19.6 Å². The lowest BCUT2D eigenvalue weighted by molar-refractivity contribution is -0.156. The number of imide groups is 1. The fourth-order valence-corrected chi connectivity index (χ4v) is 3.35. The maximum atomic E-state index is 13.1. The summed E-state index contributed by atoms with van der Waals surface area (Å²) in [6, 6.07) is 6.25. The van der Waals surface area contributed by atoms with Crippen LogP contribution < -0.4 is 15.4 Å². The summed E-state index contributed by atoms with van der Waals surface area (Å²) in [6.07, 6.45) is -0.823. The Kier molecular flexibility index (Phi) is 6.02. The van der Waals surface area contributed by atoms with Gasteiger partial charge in [-0.25, -0.2) is 4.79 Å². The van der Waals surface area contributed by atoms with E-state index in [4.69, 9.17) is 14.2 Å². The topological polar surface area (TPSA) is 123 Å². The molecule has 29 heavy (non-hydrogen) atoms. The predicted octanol–water partition coefficient (Wildman–Crippen LogP) is -0.0895. The fourth-order valence-electron chi connectivity index (χ4n) is 3.35. The van der Waals surface area contributed by atoms with Crippen LogP contribution in [0.3, 0.4) is 0 Å². The minimum Gasteiger partial charge on any atom is -0.493 e. The molecule has 1 spiro atoms. The van der Waals surface area contributed by atoms with E-state index in [1.807, 2.05) is 0 Å². The molecule has 1 saturated heterocycles. The van der Waals surface area contributed by atoms with Gasteiger partial charge in [-0.05, 0) is 13.0 Å². The fraction of sp³-hybridized carbons (Fsp3) is 0.474. The quantitative estimate of drug-likeness (QED) is 0.369. The second-order valence-electron chi connectivity index (χ2n) is 6.74. The zero-order valence-corrected chi connectivity index (χ0v) is 16.2. The van der Waals surface area contributed by atoms with E-state index < -0.39 is 42.0 Å². The van der Waals surface area contributed by atoms with Crippen molar-refractivity contribution in [1.29, 1.82) is 0 Å². The lowest BCUT2D eigenvalue weighted by atomic mass is 9.84. The van der Waals surface area contributed by atoms with Gasteiger partial charge in [0.05, 0.1) is 13.2 Å². The molecule has 10 nitrogen and oxygen atoms in total. The minimum atomic E-state index is -1.27. The molecular formula is C19H23N3O7. The summed E-state index contributed by atoms with van der Waals surface area (Å²) < 4.78 is 15.4. The van der Waals surface area contributed by atoms with Gasteiger partial charge in [0.15, 0.2) is 11.6 Å². The summed E-state index contributed by atoms with van der Waals surface area (Å²) in [5, 5.41) is 5.24. The molecule has 0 aliphatic carbocycles. The first kappa shape index (κ1) is 20.6. The van der Waals surface area contributed by atoms with Crippen LogP contribution in [0.25, 0.3) is 0 Å². The third-order valence-electron chi connectivity index (χ3n) is 4.83. The van der Waals surface area contributed by atoms with Gasteiger partial charge >= 0.3 is 12.0 Å². The second-order valence-corrected chi connectivity index (χ2v) is 6.74. The van der Waals surface area contributed by atoms with Gasteiger partial charge < -0.3 is 24.8 Å². The molecule has 2 N–H and O–H groups in total. The van der Waals surface area contributed by atoms with Crippen molar-refractivity contribution in [3.05, 3.63) is 29.8 Å². The van der Waals surface area contributed by atoms with Crippen LogP contribution in [0.1, 0.15) is 18.9 Å². The van der Waals surface area contributed by atoms with Crippen molar-refractivity contribution in [2.75, 3.05) is 33.4 Å². The third kappa shape index (κ3) is 4.02. The third-order valence-corrected chi connectivity index (χ3v) is 4.83. The summed E-state index contributed by atoms with van der Waals surface area (Å²) in [5.74, 6) is -1.40. The van der Waals surface area contributed by atoms with Gasteiger partial charge in [-0.2, -0.15) is 0 Å². The SMILES string of the molecule is COCCNC(=O)[C@H](C)OC(=O)CN1C(=O)N[C@@]2(CCOc3ccccc32)C1=O. The van der Waals surface area contributed by atoms with Crippen LogP contribution in [0.4, 0.5) is 4.79 Å². The molecule has 4 amide bonds. The average molecular weight is 405 g/mol. The first-order valence-electron chi connectivity index (χ1n) is 9.21. The highest BCUT2D eigenvalue weighted by Gasteiger charge is 2.55. The van der Waals surface area contributed by atoms with Crippen LogP contribution >= 0.6 is 0 Å². The molecule has 2 aliphatic heterocycles. The van der Waals surface area contributed by atoms with Gasteiger partial charge in [0.1, 0.15) is 12.3 Å². The summed E-state index contributed by atoms with van der Waals surface area (Å²) in [7, 11) is 1.50. The molecule has 1 fully saturated rings. The highest BCUT2D eigenvalue weighted by Crippen LogP contribution is 2.40. The Hall–Kier alpha value is -3.14. The molecule has 156 valence electrons. The van der Waals surface area contributed by atoms with E-state index in [0.29, 0.717) is 17.9 Å². The van der Waals surface area contributed by atoms with Crippen molar-refractivity contribution in [3.8, 4) is 5.75 Å². The maximum Gasteiger partial charge on any atom is 0.327 e. The predicted molar refractivity (Wildman–Crippen MR) is 98.9 cm³/mol. The van der Waals surface area contributed by atoms with Crippen molar-refractivity contribution in [1.82, 2.24) is 15.5 Å². The van der Waals surface area contributed by atoms with Crippen LogP contribution in [0, 0.1) is 0 Å². The Morgan fingerprint density at radius 1 is 1.34 bits per heavy atom. The standard InChI is InChI=1S/C19H23N3O7/c1-12(16(24)20-8-10-27-2)29-15(23)11-22-17(25)19(21-18(22)26)7-9-28-14-6-4-3-5-13(14)19/h3-6,12H,7-11H2,1-2H3,(H,20,24)(H,21,26)/t12-,19+/m0/s1. The number of amides is 4. The first-order valence-corrected chi connectivity index (χ1v) is 9.21. The maximum absolute atomic E-state index is 13.1. The van der Waals surface area contributed by atoms with Crippen LogP contribution in [0.15, 0.2) is 24.3 Å². The largest absolute Gasteiger partial charge is 0.493 e. The Morgan fingerprint density at radius 3 is 2.86 bits per heavy atom. The van der Waals surface area contributed by atoms with Crippen molar-refractivity contribution < 1.29 is 33.4 Å². The Labute approximate surface area is 167 Å². The summed E-state index contributed by atoms with van der Waals surface area (Å²) >= 11 is 0. The molecule has 1 aromatic rings. The zero-order chi connectivity index (χ0) is 21.0. The lowest BCUT2D eigenvalue weighted by Gasteiger charge is -2.33. The number of esters is 1. The van der Waals surface area contributed by atoms with Gasteiger partial charge in [-0.1, -0.05) is 18.2 Å². The monoisotopic (exact) mass is 405 g/mol. The van der Waals surface area contributed by atoms with Crippen LogP contribution in [-0.4, -0.2) is 68.2 Å². The van der Waals surface area contributed by atoms with Crippen molar-refractivity contribution in [3.63, 3.8) is 0 Å². The number of nitrogens with one attached hydrogen (secondary N) is 2. The van der Waals surface area contributed by atoms with Crippen molar-refractivity contribution >= 4 is 23.8 Å². The van der Waals surface area contributed by atoms with Crippen LogP contribution in [0.5, 0.6) is 5.75 Å². The van der Waals surface area contributed by atoms with E-state index in [0.717, 1.165) is 4.90 Å². The number of benzene rings is 1. The zero-order valence-electron chi connectivity index (χ0n) is 16.2. The number of carbonyl (C=O) groups is 4. The van der Waals surface area contributed by atoms with Gasteiger partial charge in [0.25, 0.3) is 11.8 Å². The molecule has 0 aromatic heterocycles. The molecular weight excluding hydrogens is 382 g/mol. The summed E-state index contributed by atoms with van der Waals surface area (Å²) in [4.78, 5) is 50.4. The van der Waals surface area contributed by atoms with Crippen LogP contribution in [0.2, 0.25) is 0 Å². The lowest BCUT2D eigenvalue weighted by Crippen LogP contribution is -2.48. The molecule has 1 aromatic carbocycles. The second kappa shape index (κ2) is 8.48. The number of hydrogen-bond donors (Lipinski definition) is 2. The van der Waals surface area contributed by atoms with E-state index in [9.17, 15) is 19.2 Å². The summed E-state index contributed by atoms with van der Waals surface area (Å²) in [5.41, 5.74) is -0.721. The molecule has 2 heterocycles. The molecule has 0 unspecified atom stereocenters. The number of methoxy groups -OCH3 is 1. The number of para-hydroxylation sites is 1. The average Bonchev–Trinajstić information content (AvgIpc) is 2.93. The smallest absolute Gasteiger partial charge is 0.327 e. The summed E-state index contributed by atoms with van der Waals surface area (Å²) in [6.45, 7) is 1.66. The number of urea groups is 1. The van der Waals surface area contributed by atoms with E-state index >= 15 is 0 Å². The van der Waals surface area contributed by atoms with E-state index in [2.05, 4.69) is 10.6 Å². The van der Waals surface area contributed by atoms with Crippen molar-refractivity contribution in [2.45, 2.75) is 25.0 Å². The van der Waals surface area contributed by atoms with E-state index in [1.54, 1.807) is 24.3 Å². The minimum absolute atomic E-state index is 0.248. The number of fused-ring (bicyclic) bond motifs is 2. The Bertz CT molecular complexity index is 828. The normalized spacial score (nSPS) is 21.2. The number of rotatable bonds is 7. The molecule has 2 atom stereocenters. The Balaban J connectivity index is 1.66. The number of nitrogens with zero attached hydrogens (tertiary/aromatic N) is 1. The molecule has 0 radical (unpaired) electrons. The van der Waals surface area contributed by atoms with Crippen LogP contribution in [-0.2, 0) is 29.4 Å². The van der Waals surface area contributed by atoms with Gasteiger partial charge in [-0.15, -0.1) is 0 Å². The molecule has 3 rings (SSSR count). The number of ether oxygens (including phenoxy) is 3. The highest BCUT2D eigenvalue weighted by atomic mass is 16.5. The highest BCUT2D eigenvalue weighted by molar-refractivity contribution is 6.09. The molecule has 2 aliphatic rings. The van der Waals surface area contributed by atoms with E-state index in [1.165, 1.54) is 14.0 Å². The first-order chi connectivity index (χ1) is 13.9. The number of hydrogen-bond acceptors (Lipinski definition) is 7. The van der Waals surface area contributed by atoms with Gasteiger partial charge in [0, 0.05) is 25.6 Å². The van der Waals surface area contributed by atoms with Crippen molar-refractivity contribution in [2.24, 2.45) is 0 Å².